The van der Waals surface area contributed by atoms with E-state index >= 15 is 0 Å². The molecule has 1 aliphatic heterocycles. The zero-order valence-electron chi connectivity index (χ0n) is 14.0. The zero-order valence-corrected chi connectivity index (χ0v) is 14.0. The number of nitrogens with one attached hydrogen (secondary N) is 3. The van der Waals surface area contributed by atoms with Crippen LogP contribution in [-0.2, 0) is 6.54 Å². The van der Waals surface area contributed by atoms with E-state index in [1.165, 1.54) is 31.7 Å². The molecule has 25 heavy (non-hydrogen) atoms. The quantitative estimate of drug-likeness (QED) is 0.782. The number of anilines is 1. The summed E-state index contributed by atoms with van der Waals surface area (Å²) < 4.78 is 0. The lowest BCUT2D eigenvalue weighted by Crippen LogP contribution is -2.28. The van der Waals surface area contributed by atoms with Gasteiger partial charge in [-0.25, -0.2) is 4.79 Å². The first-order valence-corrected chi connectivity index (χ1v) is 8.57. The molecule has 0 saturated carbocycles. The molecule has 1 aromatic heterocycles. The molecule has 2 aromatic rings. The van der Waals surface area contributed by atoms with E-state index in [0.717, 1.165) is 18.8 Å². The van der Waals surface area contributed by atoms with Gasteiger partial charge in [0.25, 0.3) is 11.5 Å². The van der Waals surface area contributed by atoms with Crippen molar-refractivity contribution in [1.82, 2.24) is 15.3 Å². The third kappa shape index (κ3) is 4.59. The molecule has 0 bridgehead atoms. The fourth-order valence-corrected chi connectivity index (χ4v) is 3.04. The third-order valence-corrected chi connectivity index (χ3v) is 4.36. The Hall–Kier alpha value is -2.83. The molecule has 132 valence electrons. The van der Waals surface area contributed by atoms with Crippen LogP contribution in [0, 0.1) is 0 Å². The monoisotopic (exact) mass is 342 g/mol. The van der Waals surface area contributed by atoms with Gasteiger partial charge in [0, 0.05) is 36.1 Å². The summed E-state index contributed by atoms with van der Waals surface area (Å²) in [6, 6.07) is 8.79. The van der Waals surface area contributed by atoms with E-state index in [0.29, 0.717) is 11.3 Å². The smallest absolute Gasteiger partial charge is 0.325 e. The number of benzene rings is 1. The second-order valence-corrected chi connectivity index (χ2v) is 6.24. The van der Waals surface area contributed by atoms with Gasteiger partial charge >= 0.3 is 5.69 Å². The van der Waals surface area contributed by atoms with Gasteiger partial charge in [-0.2, -0.15) is 0 Å². The Kier molecular flexibility index (Phi) is 5.33. The predicted molar refractivity (Wildman–Crippen MR) is 96.0 cm³/mol. The lowest BCUT2D eigenvalue weighted by molar-refractivity contribution is 0.0950. The van der Waals surface area contributed by atoms with Crippen molar-refractivity contribution in [2.75, 3.05) is 18.0 Å². The van der Waals surface area contributed by atoms with Gasteiger partial charge < -0.3 is 15.2 Å². The molecule has 3 N–H and O–H groups in total. The van der Waals surface area contributed by atoms with Crippen LogP contribution in [0.5, 0.6) is 0 Å². The molecule has 7 heteroatoms. The zero-order chi connectivity index (χ0) is 17.6. The van der Waals surface area contributed by atoms with Gasteiger partial charge in [0.2, 0.25) is 0 Å². The molecule has 0 spiro atoms. The third-order valence-electron chi connectivity index (χ3n) is 4.36. The number of nitrogens with zero attached hydrogens (tertiary/aromatic N) is 1. The summed E-state index contributed by atoms with van der Waals surface area (Å²) in [5, 5.41) is 2.70. The highest BCUT2D eigenvalue weighted by Gasteiger charge is 2.11. The van der Waals surface area contributed by atoms with E-state index in [4.69, 9.17) is 0 Å². The van der Waals surface area contributed by atoms with Crippen molar-refractivity contribution in [2.45, 2.75) is 32.2 Å². The summed E-state index contributed by atoms with van der Waals surface area (Å²) in [7, 11) is 0. The minimum atomic E-state index is -0.585. The van der Waals surface area contributed by atoms with Crippen LogP contribution in [-0.4, -0.2) is 29.0 Å². The van der Waals surface area contributed by atoms with Crippen LogP contribution in [0.25, 0.3) is 0 Å². The summed E-state index contributed by atoms with van der Waals surface area (Å²) in [5.41, 5.74) is 0.972. The summed E-state index contributed by atoms with van der Waals surface area (Å²) in [4.78, 5) is 41.6. The Morgan fingerprint density at radius 2 is 1.68 bits per heavy atom. The van der Waals surface area contributed by atoms with Crippen LogP contribution in [0.1, 0.15) is 41.7 Å². The number of hydrogen-bond acceptors (Lipinski definition) is 4. The number of aromatic nitrogens is 2. The lowest BCUT2D eigenvalue weighted by Gasteiger charge is -2.22. The molecule has 1 aliphatic rings. The Balaban J connectivity index is 1.62. The van der Waals surface area contributed by atoms with E-state index in [-0.39, 0.29) is 12.5 Å². The summed E-state index contributed by atoms with van der Waals surface area (Å²) in [6.07, 6.45) is 4.97. The van der Waals surface area contributed by atoms with Crippen LogP contribution in [0.3, 0.4) is 0 Å². The predicted octanol–water partition coefficient (Wildman–Crippen LogP) is 1.37. The van der Waals surface area contributed by atoms with Gasteiger partial charge in [-0.3, -0.25) is 14.6 Å². The second-order valence-electron chi connectivity index (χ2n) is 6.24. The highest BCUT2D eigenvalue weighted by Crippen LogP contribution is 2.20. The number of aromatic amines is 2. The van der Waals surface area contributed by atoms with E-state index < -0.39 is 11.2 Å². The SMILES string of the molecule is O=C(NCc1cc(=O)[nH]c(=O)[nH]1)c1ccc(N2CCCCCC2)cc1. The van der Waals surface area contributed by atoms with Crippen molar-refractivity contribution in [3.05, 3.63) is 62.4 Å². The maximum Gasteiger partial charge on any atom is 0.325 e. The van der Waals surface area contributed by atoms with Crippen LogP contribution < -0.4 is 21.5 Å². The van der Waals surface area contributed by atoms with Gasteiger partial charge in [-0.15, -0.1) is 0 Å². The van der Waals surface area contributed by atoms with Crippen LogP contribution >= 0.6 is 0 Å². The Bertz CT molecular complexity index is 802. The van der Waals surface area contributed by atoms with Gasteiger partial charge in [-0.1, -0.05) is 12.8 Å². The average molecular weight is 342 g/mol. The van der Waals surface area contributed by atoms with Crippen molar-refractivity contribution in [1.29, 1.82) is 0 Å². The molecule has 0 radical (unpaired) electrons. The van der Waals surface area contributed by atoms with E-state index in [9.17, 15) is 14.4 Å². The highest BCUT2D eigenvalue weighted by molar-refractivity contribution is 5.94. The molecule has 2 heterocycles. The normalized spacial score (nSPS) is 14.8. The largest absolute Gasteiger partial charge is 0.372 e. The number of carbonyl (C=O) groups excluding carboxylic acids is 1. The highest BCUT2D eigenvalue weighted by atomic mass is 16.2. The molecule has 0 aliphatic carbocycles. The van der Waals surface area contributed by atoms with Gasteiger partial charge in [0.05, 0.1) is 6.54 Å². The molecule has 1 aromatic carbocycles. The molecule has 7 nitrogen and oxygen atoms in total. The lowest BCUT2D eigenvalue weighted by atomic mass is 10.1. The van der Waals surface area contributed by atoms with E-state index in [1.807, 2.05) is 12.1 Å². The minimum absolute atomic E-state index is 0.0892. The molecular formula is C18H22N4O3. The fraction of sp³-hybridized carbons (Fsp3) is 0.389. The average Bonchev–Trinajstić information content (AvgIpc) is 2.88. The number of carbonyl (C=O) groups is 1. The standard InChI is InChI=1S/C18H22N4O3/c23-16-11-14(20-18(25)21-16)12-19-17(24)13-5-7-15(8-6-13)22-9-3-1-2-4-10-22/h5-8,11H,1-4,9-10,12H2,(H,19,24)(H2,20,21,23,25). The number of H-pyrrole nitrogens is 2. The molecule has 0 atom stereocenters. The van der Waals surface area contributed by atoms with Crippen molar-refractivity contribution >= 4 is 11.6 Å². The van der Waals surface area contributed by atoms with Crippen molar-refractivity contribution in [2.24, 2.45) is 0 Å². The Morgan fingerprint density at radius 1 is 1.00 bits per heavy atom. The van der Waals surface area contributed by atoms with Gasteiger partial charge in [0.15, 0.2) is 0 Å². The van der Waals surface area contributed by atoms with Crippen LogP contribution in [0.4, 0.5) is 5.69 Å². The minimum Gasteiger partial charge on any atom is -0.372 e. The maximum absolute atomic E-state index is 12.2. The van der Waals surface area contributed by atoms with E-state index in [2.05, 4.69) is 20.2 Å². The number of amides is 1. The molecular weight excluding hydrogens is 320 g/mol. The first-order valence-electron chi connectivity index (χ1n) is 8.57. The fourth-order valence-electron chi connectivity index (χ4n) is 3.04. The topological polar surface area (TPSA) is 98.1 Å². The van der Waals surface area contributed by atoms with Crippen molar-refractivity contribution in [3.63, 3.8) is 0 Å². The number of hydrogen-bond donors (Lipinski definition) is 3. The number of rotatable bonds is 4. The second kappa shape index (κ2) is 7.83. The first-order chi connectivity index (χ1) is 12.1. The first kappa shape index (κ1) is 17.0. The van der Waals surface area contributed by atoms with E-state index in [1.54, 1.807) is 12.1 Å². The van der Waals surface area contributed by atoms with Gasteiger partial charge in [-0.05, 0) is 37.1 Å². The Labute approximate surface area is 145 Å². The van der Waals surface area contributed by atoms with Crippen molar-refractivity contribution in [3.8, 4) is 0 Å². The molecule has 3 rings (SSSR count). The Morgan fingerprint density at radius 3 is 2.32 bits per heavy atom. The molecule has 1 amide bonds. The van der Waals surface area contributed by atoms with Crippen LogP contribution in [0.15, 0.2) is 39.9 Å². The summed E-state index contributed by atoms with van der Waals surface area (Å²) >= 11 is 0. The molecule has 1 fully saturated rings. The summed E-state index contributed by atoms with van der Waals surface area (Å²) in [5.74, 6) is -0.247. The maximum atomic E-state index is 12.2. The summed E-state index contributed by atoms with van der Waals surface area (Å²) in [6.45, 7) is 2.20. The van der Waals surface area contributed by atoms with Crippen LogP contribution in [0.2, 0.25) is 0 Å². The van der Waals surface area contributed by atoms with Crippen molar-refractivity contribution < 1.29 is 4.79 Å². The molecule has 0 unspecified atom stereocenters. The van der Waals surface area contributed by atoms with Gasteiger partial charge in [0.1, 0.15) is 0 Å². The molecule has 1 saturated heterocycles.